The number of hydrogen-bond acceptors (Lipinski definition) is 5. The molecule has 0 atom stereocenters. The number of aromatic nitrogens is 4. The summed E-state index contributed by atoms with van der Waals surface area (Å²) in [7, 11) is 0. The maximum Gasteiger partial charge on any atom is 0.164 e. The molecule has 1 aliphatic heterocycles. The van der Waals surface area contributed by atoms with E-state index in [0.717, 1.165) is 41.3 Å². The molecule has 0 aliphatic carbocycles. The van der Waals surface area contributed by atoms with E-state index in [1.54, 1.807) is 18.5 Å². The lowest BCUT2D eigenvalue weighted by Crippen LogP contribution is -2.27. The van der Waals surface area contributed by atoms with Crippen LogP contribution in [-0.4, -0.2) is 37.0 Å². The van der Waals surface area contributed by atoms with Crippen molar-refractivity contribution in [3.05, 3.63) is 11.5 Å². The topological polar surface area (TPSA) is 75.9 Å². The second-order valence-electron chi connectivity index (χ2n) is 5.41. The first kappa shape index (κ1) is 14.7. The minimum absolute atomic E-state index is 0.430. The zero-order valence-electron chi connectivity index (χ0n) is 12.9. The minimum Gasteiger partial charge on any atom is -0.389 e. The van der Waals surface area contributed by atoms with Crippen LogP contribution < -0.4 is 5.32 Å². The molecule has 20 heavy (non-hydrogen) atoms. The Morgan fingerprint density at radius 2 is 2.00 bits per heavy atom. The average molecular weight is 277 g/mol. The van der Waals surface area contributed by atoms with E-state index in [-0.39, 0.29) is 0 Å². The smallest absolute Gasteiger partial charge is 0.164 e. The third-order valence-electron chi connectivity index (χ3n) is 2.97. The lowest BCUT2D eigenvalue weighted by molar-refractivity contribution is 0.0588. The van der Waals surface area contributed by atoms with Crippen LogP contribution >= 0.6 is 0 Å². The molecule has 6 heteroatoms. The van der Waals surface area contributed by atoms with Crippen LogP contribution in [0, 0.1) is 6.92 Å². The Bertz CT molecular complexity index is 612. The summed E-state index contributed by atoms with van der Waals surface area (Å²) in [6.07, 6.45) is 0.870. The fourth-order valence-corrected chi connectivity index (χ4v) is 2.33. The van der Waals surface area contributed by atoms with Gasteiger partial charge in [-0.15, -0.1) is 0 Å². The zero-order chi connectivity index (χ0) is 14.9. The van der Waals surface area contributed by atoms with Crippen molar-refractivity contribution in [2.75, 3.05) is 11.9 Å². The maximum atomic E-state index is 9.95. The number of nitrogens with zero attached hydrogens (tertiary/aromatic N) is 4. The summed E-state index contributed by atoms with van der Waals surface area (Å²) < 4.78 is 1.79. The summed E-state index contributed by atoms with van der Waals surface area (Å²) in [6.45, 7) is 10.7. The van der Waals surface area contributed by atoms with Gasteiger partial charge in [-0.3, -0.25) is 0 Å². The summed E-state index contributed by atoms with van der Waals surface area (Å²) in [6, 6.07) is 0. The van der Waals surface area contributed by atoms with Gasteiger partial charge in [0, 0.05) is 13.0 Å². The largest absolute Gasteiger partial charge is 0.389 e. The van der Waals surface area contributed by atoms with Crippen molar-refractivity contribution in [1.29, 1.82) is 0 Å². The van der Waals surface area contributed by atoms with Crippen LogP contribution in [0.2, 0.25) is 0 Å². The summed E-state index contributed by atoms with van der Waals surface area (Å²) in [5, 5.41) is 18.8. The van der Waals surface area contributed by atoms with Crippen molar-refractivity contribution in [3.63, 3.8) is 0 Å². The van der Waals surface area contributed by atoms with Gasteiger partial charge < -0.3 is 10.4 Å². The minimum atomic E-state index is -0.809. The summed E-state index contributed by atoms with van der Waals surface area (Å²) in [4.78, 5) is 8.86. The Morgan fingerprint density at radius 1 is 1.30 bits per heavy atom. The molecular weight excluding hydrogens is 254 g/mol. The number of rotatable bonds is 2. The van der Waals surface area contributed by atoms with Gasteiger partial charge in [0.1, 0.15) is 11.6 Å². The molecule has 0 spiro atoms. The molecule has 2 aromatic rings. The van der Waals surface area contributed by atoms with Gasteiger partial charge in [-0.2, -0.15) is 5.10 Å². The molecule has 0 bridgehead atoms. The lowest BCUT2D eigenvalue weighted by atomic mass is 10.1. The Hall–Kier alpha value is -1.69. The van der Waals surface area contributed by atoms with Crippen molar-refractivity contribution in [1.82, 2.24) is 19.7 Å². The van der Waals surface area contributed by atoms with Crippen LogP contribution in [0.1, 0.15) is 39.2 Å². The quantitative estimate of drug-likeness (QED) is 0.877. The van der Waals surface area contributed by atoms with Gasteiger partial charge in [-0.05, 0) is 20.8 Å². The third-order valence-corrected chi connectivity index (χ3v) is 2.97. The van der Waals surface area contributed by atoms with E-state index in [2.05, 4.69) is 20.4 Å². The average Bonchev–Trinajstić information content (AvgIpc) is 2.69. The van der Waals surface area contributed by atoms with Crippen LogP contribution in [0.3, 0.4) is 0 Å². The summed E-state index contributed by atoms with van der Waals surface area (Å²) in [5.74, 6) is 1.58. The standard InChI is InChI=1S/C12H17N5O.C2H6/c1-7-14-10-9-8(4-5-13-10)16-17(11(9)15-7)6-12(2,3)18;1-2/h18H,4-6H2,1-3H3,(H,13,14,15);1-2H3. The van der Waals surface area contributed by atoms with E-state index < -0.39 is 5.60 Å². The predicted octanol–water partition coefficient (Wildman–Crippen LogP) is 1.90. The highest BCUT2D eigenvalue weighted by Crippen LogP contribution is 2.28. The fraction of sp³-hybridized carbons (Fsp3) is 0.643. The van der Waals surface area contributed by atoms with Crippen LogP contribution in [0.5, 0.6) is 0 Å². The number of anilines is 1. The third kappa shape index (κ3) is 2.75. The molecule has 0 saturated heterocycles. The van der Waals surface area contributed by atoms with Gasteiger partial charge in [0.2, 0.25) is 0 Å². The maximum absolute atomic E-state index is 9.95. The van der Waals surface area contributed by atoms with Crippen LogP contribution in [0.15, 0.2) is 0 Å². The molecule has 0 aromatic carbocycles. The number of aryl methyl sites for hydroxylation is 1. The number of aliphatic hydroxyl groups is 1. The fourth-order valence-electron chi connectivity index (χ4n) is 2.33. The Kier molecular flexibility index (Phi) is 3.94. The predicted molar refractivity (Wildman–Crippen MR) is 79.9 cm³/mol. The zero-order valence-corrected chi connectivity index (χ0v) is 12.9. The van der Waals surface area contributed by atoms with Crippen LogP contribution in [-0.2, 0) is 13.0 Å². The highest BCUT2D eigenvalue weighted by molar-refractivity contribution is 5.90. The molecule has 0 saturated carbocycles. The highest BCUT2D eigenvalue weighted by atomic mass is 16.3. The van der Waals surface area contributed by atoms with Crippen molar-refractivity contribution in [3.8, 4) is 0 Å². The Morgan fingerprint density at radius 3 is 2.65 bits per heavy atom. The van der Waals surface area contributed by atoms with E-state index in [1.165, 1.54) is 0 Å². The second kappa shape index (κ2) is 5.36. The molecule has 110 valence electrons. The molecule has 0 unspecified atom stereocenters. The molecule has 0 radical (unpaired) electrons. The van der Waals surface area contributed by atoms with Crippen molar-refractivity contribution >= 4 is 16.9 Å². The molecule has 0 amide bonds. The van der Waals surface area contributed by atoms with Gasteiger partial charge in [0.25, 0.3) is 0 Å². The monoisotopic (exact) mass is 277 g/mol. The van der Waals surface area contributed by atoms with E-state index in [0.29, 0.717) is 6.54 Å². The lowest BCUT2D eigenvalue weighted by Gasteiger charge is -2.17. The Balaban J connectivity index is 0.000000704. The van der Waals surface area contributed by atoms with Crippen molar-refractivity contribution in [2.45, 2.75) is 53.2 Å². The first-order valence-corrected chi connectivity index (χ1v) is 7.14. The molecule has 0 fully saturated rings. The summed E-state index contributed by atoms with van der Waals surface area (Å²) >= 11 is 0. The van der Waals surface area contributed by atoms with Gasteiger partial charge in [0.05, 0.1) is 23.2 Å². The molecule has 2 aromatic heterocycles. The van der Waals surface area contributed by atoms with Crippen LogP contribution in [0.4, 0.5) is 5.82 Å². The number of hydrogen-bond donors (Lipinski definition) is 2. The molecule has 3 rings (SSSR count). The van der Waals surface area contributed by atoms with Crippen molar-refractivity contribution in [2.24, 2.45) is 0 Å². The molecule has 3 heterocycles. The molecular formula is C14H23N5O. The van der Waals surface area contributed by atoms with Gasteiger partial charge in [0.15, 0.2) is 5.65 Å². The summed E-state index contributed by atoms with van der Waals surface area (Å²) in [5.41, 5.74) is 1.02. The first-order chi connectivity index (χ1) is 9.44. The first-order valence-electron chi connectivity index (χ1n) is 7.14. The van der Waals surface area contributed by atoms with Gasteiger partial charge in [-0.25, -0.2) is 14.6 Å². The van der Waals surface area contributed by atoms with Crippen LogP contribution in [0.25, 0.3) is 11.0 Å². The van der Waals surface area contributed by atoms with E-state index in [1.807, 2.05) is 20.8 Å². The van der Waals surface area contributed by atoms with Gasteiger partial charge >= 0.3 is 0 Å². The number of nitrogens with one attached hydrogen (secondary N) is 1. The van der Waals surface area contributed by atoms with E-state index in [4.69, 9.17) is 0 Å². The second-order valence-corrected chi connectivity index (χ2v) is 5.41. The molecule has 1 aliphatic rings. The van der Waals surface area contributed by atoms with E-state index in [9.17, 15) is 5.11 Å². The molecule has 2 N–H and O–H groups in total. The van der Waals surface area contributed by atoms with Crippen molar-refractivity contribution < 1.29 is 5.11 Å². The normalized spacial score (nSPS) is 13.7. The SMILES string of the molecule is CC.Cc1nc2c3c(nn(CC(C)(C)O)c3n1)CCN2. The van der Waals surface area contributed by atoms with E-state index >= 15 is 0 Å². The Labute approximate surface area is 119 Å². The van der Waals surface area contributed by atoms with Gasteiger partial charge in [-0.1, -0.05) is 13.8 Å². The molecule has 6 nitrogen and oxygen atoms in total. The highest BCUT2D eigenvalue weighted by Gasteiger charge is 2.23.